The molecule has 1 aromatic carbocycles. The number of amides is 2. The van der Waals surface area contributed by atoms with Crippen molar-refractivity contribution in [2.45, 2.75) is 25.9 Å². The summed E-state index contributed by atoms with van der Waals surface area (Å²) in [6.07, 6.45) is 0.855. The van der Waals surface area contributed by atoms with E-state index >= 15 is 0 Å². The van der Waals surface area contributed by atoms with Crippen molar-refractivity contribution in [1.29, 1.82) is 0 Å². The minimum atomic E-state index is -0.683. The van der Waals surface area contributed by atoms with Crippen LogP contribution in [-0.2, 0) is 16.1 Å². The number of hydrogen-bond acceptors (Lipinski definition) is 4. The minimum Gasteiger partial charge on any atom is -0.354 e. The molecule has 5 N–H and O–H groups in total. The van der Waals surface area contributed by atoms with E-state index in [1.165, 1.54) is 0 Å². The molecule has 0 saturated heterocycles. The zero-order valence-corrected chi connectivity index (χ0v) is 12.9. The number of benzene rings is 1. The molecule has 22 heavy (non-hydrogen) atoms. The molecule has 0 aliphatic carbocycles. The Kier molecular flexibility index (Phi) is 5.91. The molecule has 2 atom stereocenters. The average molecular weight is 304 g/mol. The standard InChI is InChI=1S/C16H24N4O2/c1-11(9-17)15(21)20-14-13-6-3-2-5-12(13)10-18-7-4-8-19-16(14)22/h2-3,5-6,11,14,18H,4,7-10,17H2,1H3,(H,19,22)(H,20,21)/t11-,14?/m1/s1. The molecule has 0 saturated carbocycles. The maximum absolute atomic E-state index is 12.5. The third-order valence-electron chi connectivity index (χ3n) is 3.86. The van der Waals surface area contributed by atoms with Gasteiger partial charge in [0.2, 0.25) is 11.8 Å². The largest absolute Gasteiger partial charge is 0.354 e. The summed E-state index contributed by atoms with van der Waals surface area (Å²) in [7, 11) is 0. The summed E-state index contributed by atoms with van der Waals surface area (Å²) in [6, 6.07) is 6.99. The van der Waals surface area contributed by atoms with Gasteiger partial charge in [-0.15, -0.1) is 0 Å². The Bertz CT molecular complexity index is 533. The molecular weight excluding hydrogens is 280 g/mol. The summed E-state index contributed by atoms with van der Waals surface area (Å²) in [5, 5.41) is 9.06. The molecule has 0 spiro atoms. The van der Waals surface area contributed by atoms with Crippen molar-refractivity contribution in [2.24, 2.45) is 11.7 Å². The van der Waals surface area contributed by atoms with Gasteiger partial charge >= 0.3 is 0 Å². The van der Waals surface area contributed by atoms with Gasteiger partial charge in [0.15, 0.2) is 0 Å². The second kappa shape index (κ2) is 7.91. The number of nitrogens with two attached hydrogens (primary N) is 1. The third kappa shape index (κ3) is 4.05. The van der Waals surface area contributed by atoms with E-state index < -0.39 is 6.04 Å². The molecule has 1 aliphatic rings. The normalized spacial score (nSPS) is 20.5. The van der Waals surface area contributed by atoms with Crippen LogP contribution in [0.3, 0.4) is 0 Å². The van der Waals surface area contributed by atoms with Gasteiger partial charge in [0, 0.05) is 25.6 Å². The summed E-state index contributed by atoms with van der Waals surface area (Å²) < 4.78 is 0. The average Bonchev–Trinajstić information content (AvgIpc) is 2.54. The molecule has 2 rings (SSSR count). The summed E-state index contributed by atoms with van der Waals surface area (Å²) >= 11 is 0. The van der Waals surface area contributed by atoms with Crippen LogP contribution < -0.4 is 21.7 Å². The van der Waals surface area contributed by atoms with Crippen molar-refractivity contribution in [2.75, 3.05) is 19.6 Å². The van der Waals surface area contributed by atoms with E-state index in [4.69, 9.17) is 5.73 Å². The molecular formula is C16H24N4O2. The van der Waals surface area contributed by atoms with Crippen LogP contribution in [0, 0.1) is 5.92 Å². The van der Waals surface area contributed by atoms with Crippen LogP contribution in [0.4, 0.5) is 0 Å². The van der Waals surface area contributed by atoms with Gasteiger partial charge in [0.25, 0.3) is 0 Å². The van der Waals surface area contributed by atoms with Crippen molar-refractivity contribution >= 4 is 11.8 Å². The molecule has 120 valence electrons. The van der Waals surface area contributed by atoms with Gasteiger partial charge in [-0.05, 0) is 24.1 Å². The number of rotatable bonds is 3. The van der Waals surface area contributed by atoms with Crippen LogP contribution in [0.2, 0.25) is 0 Å². The molecule has 2 amide bonds. The van der Waals surface area contributed by atoms with E-state index in [0.29, 0.717) is 13.1 Å². The first-order chi connectivity index (χ1) is 10.6. The Morgan fingerprint density at radius 2 is 2.18 bits per heavy atom. The predicted octanol–water partition coefficient (Wildman–Crippen LogP) is 0.0482. The maximum atomic E-state index is 12.5. The zero-order chi connectivity index (χ0) is 15.9. The topological polar surface area (TPSA) is 96.2 Å². The second-order valence-electron chi connectivity index (χ2n) is 5.60. The zero-order valence-electron chi connectivity index (χ0n) is 12.9. The number of carbonyl (C=O) groups excluding carboxylic acids is 2. The van der Waals surface area contributed by atoms with E-state index in [-0.39, 0.29) is 24.3 Å². The Morgan fingerprint density at radius 3 is 2.95 bits per heavy atom. The Balaban J connectivity index is 2.30. The van der Waals surface area contributed by atoms with Gasteiger partial charge in [-0.3, -0.25) is 9.59 Å². The minimum absolute atomic E-state index is 0.174. The van der Waals surface area contributed by atoms with Crippen LogP contribution in [0.25, 0.3) is 0 Å². The fourth-order valence-corrected chi connectivity index (χ4v) is 2.40. The Morgan fingerprint density at radius 1 is 1.41 bits per heavy atom. The van der Waals surface area contributed by atoms with Gasteiger partial charge in [0.05, 0.1) is 0 Å². The first-order valence-corrected chi connectivity index (χ1v) is 7.70. The fourth-order valence-electron chi connectivity index (χ4n) is 2.40. The second-order valence-corrected chi connectivity index (χ2v) is 5.60. The van der Waals surface area contributed by atoms with Gasteiger partial charge < -0.3 is 21.7 Å². The lowest BCUT2D eigenvalue weighted by Crippen LogP contribution is -2.44. The van der Waals surface area contributed by atoms with Crippen LogP contribution >= 0.6 is 0 Å². The number of fused-ring (bicyclic) bond motifs is 1. The van der Waals surface area contributed by atoms with Crippen molar-refractivity contribution in [3.05, 3.63) is 35.4 Å². The van der Waals surface area contributed by atoms with E-state index in [9.17, 15) is 9.59 Å². The monoisotopic (exact) mass is 304 g/mol. The molecule has 6 heteroatoms. The molecule has 6 nitrogen and oxygen atoms in total. The van der Waals surface area contributed by atoms with Gasteiger partial charge in [-0.2, -0.15) is 0 Å². The van der Waals surface area contributed by atoms with E-state index in [1.807, 2.05) is 24.3 Å². The van der Waals surface area contributed by atoms with E-state index in [0.717, 1.165) is 24.1 Å². The molecule has 0 fully saturated rings. The number of carbonyl (C=O) groups is 2. The Hall–Kier alpha value is -1.92. The van der Waals surface area contributed by atoms with Gasteiger partial charge in [-0.1, -0.05) is 31.2 Å². The lowest BCUT2D eigenvalue weighted by molar-refractivity contribution is -0.130. The van der Waals surface area contributed by atoms with Crippen molar-refractivity contribution < 1.29 is 9.59 Å². The molecule has 1 unspecified atom stereocenters. The molecule has 1 heterocycles. The number of nitrogens with one attached hydrogen (secondary N) is 3. The molecule has 0 aromatic heterocycles. The maximum Gasteiger partial charge on any atom is 0.247 e. The quantitative estimate of drug-likeness (QED) is 0.634. The summed E-state index contributed by atoms with van der Waals surface area (Å²) in [5.41, 5.74) is 7.38. The van der Waals surface area contributed by atoms with E-state index in [1.54, 1.807) is 6.92 Å². The Labute approximate surface area is 130 Å². The fraction of sp³-hybridized carbons (Fsp3) is 0.500. The van der Waals surface area contributed by atoms with Crippen LogP contribution in [0.15, 0.2) is 24.3 Å². The lowest BCUT2D eigenvalue weighted by atomic mass is 9.98. The highest BCUT2D eigenvalue weighted by molar-refractivity contribution is 5.89. The van der Waals surface area contributed by atoms with Crippen molar-refractivity contribution in [3.63, 3.8) is 0 Å². The molecule has 0 radical (unpaired) electrons. The van der Waals surface area contributed by atoms with Crippen LogP contribution in [0.5, 0.6) is 0 Å². The molecule has 1 aliphatic heterocycles. The highest BCUT2D eigenvalue weighted by Crippen LogP contribution is 2.20. The first kappa shape index (κ1) is 16.5. The predicted molar refractivity (Wildman–Crippen MR) is 84.9 cm³/mol. The smallest absolute Gasteiger partial charge is 0.247 e. The number of hydrogen-bond donors (Lipinski definition) is 4. The van der Waals surface area contributed by atoms with Crippen LogP contribution in [-0.4, -0.2) is 31.4 Å². The molecule has 1 aromatic rings. The van der Waals surface area contributed by atoms with Gasteiger partial charge in [-0.25, -0.2) is 0 Å². The van der Waals surface area contributed by atoms with Crippen LogP contribution in [0.1, 0.15) is 30.5 Å². The summed E-state index contributed by atoms with van der Waals surface area (Å²) in [4.78, 5) is 24.6. The van der Waals surface area contributed by atoms with E-state index in [2.05, 4.69) is 16.0 Å². The lowest BCUT2D eigenvalue weighted by Gasteiger charge is -2.24. The summed E-state index contributed by atoms with van der Waals surface area (Å²) in [6.45, 7) is 4.12. The van der Waals surface area contributed by atoms with Crippen molar-refractivity contribution in [1.82, 2.24) is 16.0 Å². The SMILES string of the molecule is C[C@H](CN)C(=O)NC1C(=O)NCCCNCc2ccccc21. The van der Waals surface area contributed by atoms with Crippen molar-refractivity contribution in [3.8, 4) is 0 Å². The highest BCUT2D eigenvalue weighted by Gasteiger charge is 2.26. The highest BCUT2D eigenvalue weighted by atomic mass is 16.2. The third-order valence-corrected chi connectivity index (χ3v) is 3.86. The first-order valence-electron chi connectivity index (χ1n) is 7.70. The van der Waals surface area contributed by atoms with Gasteiger partial charge in [0.1, 0.15) is 6.04 Å². The summed E-state index contributed by atoms with van der Waals surface area (Å²) in [5.74, 6) is -0.706. The molecule has 0 bridgehead atoms.